The molecule has 0 spiro atoms. The van der Waals surface area contributed by atoms with Crippen molar-refractivity contribution >= 4 is 23.9 Å². The Kier molecular flexibility index (Phi) is 3.03. The third kappa shape index (κ3) is 2.56. The van der Waals surface area contributed by atoms with Crippen LogP contribution < -0.4 is 4.74 Å². The van der Waals surface area contributed by atoms with E-state index in [0.717, 1.165) is 0 Å². The average Bonchev–Trinajstić information content (AvgIpc) is 2.03. The van der Waals surface area contributed by atoms with E-state index >= 15 is 0 Å². The van der Waals surface area contributed by atoms with Gasteiger partial charge in [-0.2, -0.15) is 0 Å². The van der Waals surface area contributed by atoms with Gasteiger partial charge in [0.25, 0.3) is 0 Å². The molecule has 0 N–H and O–H groups in total. The molecule has 0 amide bonds. The second-order valence-electron chi connectivity index (χ2n) is 2.28. The Hall–Kier alpha value is -1.35. The van der Waals surface area contributed by atoms with Crippen molar-refractivity contribution < 1.29 is 14.3 Å². The van der Waals surface area contributed by atoms with Gasteiger partial charge in [0.05, 0.1) is 11.9 Å². The van der Waals surface area contributed by atoms with E-state index in [9.17, 15) is 9.59 Å². The maximum atomic E-state index is 10.4. The Labute approximate surface area is 80.3 Å². The Balaban J connectivity index is 2.95. The van der Waals surface area contributed by atoms with E-state index in [1.54, 1.807) is 0 Å². The molecule has 1 radical (unpaired) electrons. The summed E-state index contributed by atoms with van der Waals surface area (Å²) >= 11 is 5.67. The number of esters is 1. The number of ether oxygens (including phenoxy) is 1. The Morgan fingerprint density at radius 2 is 2.23 bits per heavy atom. The molecule has 1 rings (SSSR count). The first-order chi connectivity index (χ1) is 6.13. The zero-order valence-electron chi connectivity index (χ0n) is 6.62. The minimum atomic E-state index is -0.671. The van der Waals surface area contributed by atoms with E-state index in [0.29, 0.717) is 11.8 Å². The van der Waals surface area contributed by atoms with Gasteiger partial charge in [-0.1, -0.05) is 11.6 Å². The van der Waals surface area contributed by atoms with Crippen LogP contribution in [-0.2, 0) is 4.79 Å². The largest absolute Gasteiger partial charge is 0.426 e. The second kappa shape index (κ2) is 4.05. The molecular weight excluding hydrogens is 192 g/mol. The summed E-state index contributed by atoms with van der Waals surface area (Å²) in [6, 6.07) is 4.32. The predicted octanol–water partition coefficient (Wildman–Crippen LogP) is 1.89. The van der Waals surface area contributed by atoms with Crippen molar-refractivity contribution in [2.75, 3.05) is 0 Å². The molecule has 0 bridgehead atoms. The van der Waals surface area contributed by atoms with Crippen LogP contribution in [0.25, 0.3) is 0 Å². The Morgan fingerprint density at radius 1 is 1.54 bits per heavy atom. The molecule has 0 aliphatic rings. The summed E-state index contributed by atoms with van der Waals surface area (Å²) in [6.45, 7) is 3.03. The fraction of sp³-hybridized carbons (Fsp3) is 0. The van der Waals surface area contributed by atoms with Crippen molar-refractivity contribution in [3.8, 4) is 5.75 Å². The Bertz CT molecular complexity index is 347. The van der Waals surface area contributed by atoms with Crippen LogP contribution >= 0.6 is 11.6 Å². The van der Waals surface area contributed by atoms with Crippen LogP contribution in [0.15, 0.2) is 18.2 Å². The molecule has 4 heteroatoms. The van der Waals surface area contributed by atoms with Crippen molar-refractivity contribution in [1.82, 2.24) is 0 Å². The van der Waals surface area contributed by atoms with Gasteiger partial charge in [0.15, 0.2) is 6.29 Å². The van der Waals surface area contributed by atoms with Gasteiger partial charge in [-0.05, 0) is 12.1 Å². The highest BCUT2D eigenvalue weighted by atomic mass is 35.5. The number of rotatable bonds is 2. The third-order valence-corrected chi connectivity index (χ3v) is 1.66. The predicted molar refractivity (Wildman–Crippen MR) is 47.8 cm³/mol. The first-order valence-corrected chi connectivity index (χ1v) is 3.80. The number of carbonyl (C=O) groups excluding carboxylic acids is 2. The molecular formula is C9H6ClO3. The maximum Gasteiger partial charge on any atom is 0.311 e. The molecule has 0 unspecified atom stereocenters. The smallest absolute Gasteiger partial charge is 0.311 e. The summed E-state index contributed by atoms with van der Waals surface area (Å²) in [5.74, 6) is -0.398. The van der Waals surface area contributed by atoms with Gasteiger partial charge in [0.2, 0.25) is 0 Å². The van der Waals surface area contributed by atoms with Gasteiger partial charge in [0, 0.05) is 11.6 Å². The lowest BCUT2D eigenvalue weighted by Gasteiger charge is -2.01. The molecule has 1 aromatic rings. The average molecular weight is 198 g/mol. The first-order valence-electron chi connectivity index (χ1n) is 3.42. The normalized spacial score (nSPS) is 9.38. The van der Waals surface area contributed by atoms with Gasteiger partial charge >= 0.3 is 5.97 Å². The van der Waals surface area contributed by atoms with Gasteiger partial charge in [-0.3, -0.25) is 9.59 Å². The molecule has 0 atom stereocenters. The molecule has 0 aliphatic carbocycles. The monoisotopic (exact) mass is 197 g/mol. The van der Waals surface area contributed by atoms with E-state index < -0.39 is 5.97 Å². The molecule has 1 aromatic carbocycles. The van der Waals surface area contributed by atoms with Crippen LogP contribution in [0.2, 0.25) is 5.02 Å². The Morgan fingerprint density at radius 3 is 2.69 bits per heavy atom. The highest BCUT2D eigenvalue weighted by Crippen LogP contribution is 2.21. The molecule has 0 fully saturated rings. The minimum Gasteiger partial charge on any atom is -0.426 e. The summed E-state index contributed by atoms with van der Waals surface area (Å²) in [5.41, 5.74) is 0.352. The zero-order valence-corrected chi connectivity index (χ0v) is 7.38. The summed E-state index contributed by atoms with van der Waals surface area (Å²) in [6.07, 6.45) is 0.623. The van der Waals surface area contributed by atoms with Crippen molar-refractivity contribution in [3.63, 3.8) is 0 Å². The molecule has 0 saturated heterocycles. The lowest BCUT2D eigenvalue weighted by molar-refractivity contribution is -0.129. The van der Waals surface area contributed by atoms with Crippen molar-refractivity contribution in [1.29, 1.82) is 0 Å². The molecule has 0 aliphatic heterocycles. The topological polar surface area (TPSA) is 43.4 Å². The zero-order chi connectivity index (χ0) is 9.84. The standard InChI is InChI=1S/C9H6ClO3/c1-6(12)13-8-3-2-7(5-11)9(10)4-8/h2-5H,1H2. The van der Waals surface area contributed by atoms with Gasteiger partial charge in [-0.25, -0.2) is 0 Å². The van der Waals surface area contributed by atoms with Gasteiger partial charge in [-0.15, -0.1) is 0 Å². The second-order valence-corrected chi connectivity index (χ2v) is 2.68. The van der Waals surface area contributed by atoms with Crippen LogP contribution in [0.1, 0.15) is 10.4 Å². The number of benzene rings is 1. The number of carbonyl (C=O) groups is 2. The van der Waals surface area contributed by atoms with Crippen molar-refractivity contribution in [3.05, 3.63) is 35.7 Å². The van der Waals surface area contributed by atoms with E-state index in [1.807, 2.05) is 0 Å². The summed E-state index contributed by atoms with van der Waals surface area (Å²) in [4.78, 5) is 20.8. The number of halogens is 1. The molecule has 0 aromatic heterocycles. The summed E-state index contributed by atoms with van der Waals surface area (Å²) in [5, 5.41) is 0.244. The number of hydrogen-bond acceptors (Lipinski definition) is 3. The van der Waals surface area contributed by atoms with Crippen LogP contribution in [0, 0.1) is 6.92 Å². The van der Waals surface area contributed by atoms with Gasteiger partial charge < -0.3 is 4.74 Å². The third-order valence-electron chi connectivity index (χ3n) is 1.33. The van der Waals surface area contributed by atoms with E-state index in [4.69, 9.17) is 11.6 Å². The first kappa shape index (κ1) is 9.74. The molecule has 0 saturated carbocycles. The van der Waals surface area contributed by atoms with Crippen LogP contribution in [-0.4, -0.2) is 12.3 Å². The lowest BCUT2D eigenvalue weighted by atomic mass is 10.2. The minimum absolute atomic E-state index is 0.244. The molecule has 13 heavy (non-hydrogen) atoms. The fourth-order valence-electron chi connectivity index (χ4n) is 0.798. The highest BCUT2D eigenvalue weighted by Gasteiger charge is 2.02. The molecule has 0 heterocycles. The number of aldehydes is 1. The quantitative estimate of drug-likeness (QED) is 0.413. The fourth-order valence-corrected chi connectivity index (χ4v) is 1.01. The van der Waals surface area contributed by atoms with E-state index in [-0.39, 0.29) is 10.8 Å². The highest BCUT2D eigenvalue weighted by molar-refractivity contribution is 6.33. The van der Waals surface area contributed by atoms with E-state index in [1.165, 1.54) is 18.2 Å². The lowest BCUT2D eigenvalue weighted by Crippen LogP contribution is -2.01. The summed E-state index contributed by atoms with van der Waals surface area (Å²) in [7, 11) is 0. The van der Waals surface area contributed by atoms with Crippen molar-refractivity contribution in [2.45, 2.75) is 0 Å². The van der Waals surface area contributed by atoms with E-state index in [2.05, 4.69) is 11.7 Å². The van der Waals surface area contributed by atoms with Gasteiger partial charge in [0.1, 0.15) is 5.75 Å². The SMILES string of the molecule is [CH2]C(=O)Oc1ccc(C=O)c(Cl)c1. The maximum absolute atomic E-state index is 10.4. The molecule has 3 nitrogen and oxygen atoms in total. The van der Waals surface area contributed by atoms with Crippen LogP contribution in [0.5, 0.6) is 5.75 Å². The van der Waals surface area contributed by atoms with Crippen molar-refractivity contribution in [2.24, 2.45) is 0 Å². The number of hydrogen-bond donors (Lipinski definition) is 0. The van der Waals surface area contributed by atoms with Crippen LogP contribution in [0.4, 0.5) is 0 Å². The van der Waals surface area contributed by atoms with Crippen LogP contribution in [0.3, 0.4) is 0 Å². The summed E-state index contributed by atoms with van der Waals surface area (Å²) < 4.78 is 4.64. The molecule has 67 valence electrons.